The van der Waals surface area contributed by atoms with Crippen molar-refractivity contribution >= 4 is 5.69 Å². The number of ether oxygens (including phenoxy) is 1. The van der Waals surface area contributed by atoms with Crippen molar-refractivity contribution in [3.8, 4) is 5.75 Å². The summed E-state index contributed by atoms with van der Waals surface area (Å²) in [5.41, 5.74) is 2.16. The van der Waals surface area contributed by atoms with Gasteiger partial charge in [-0.1, -0.05) is 57.7 Å². The van der Waals surface area contributed by atoms with E-state index in [-0.39, 0.29) is 7.43 Å². The molecule has 0 saturated heterocycles. The van der Waals surface area contributed by atoms with Crippen molar-refractivity contribution in [2.45, 2.75) is 27.9 Å². The Morgan fingerprint density at radius 2 is 1.96 bits per heavy atom. The van der Waals surface area contributed by atoms with Crippen LogP contribution in [0.3, 0.4) is 0 Å². The molecule has 2 aromatic rings. The molecule has 1 aliphatic carbocycles. The van der Waals surface area contributed by atoms with Crippen molar-refractivity contribution in [2.75, 3.05) is 11.9 Å². The molecule has 1 aromatic heterocycles. The van der Waals surface area contributed by atoms with E-state index >= 15 is 0 Å². The summed E-state index contributed by atoms with van der Waals surface area (Å²) >= 11 is 0. The van der Waals surface area contributed by atoms with Crippen molar-refractivity contribution in [3.05, 3.63) is 78.7 Å². The highest BCUT2D eigenvalue weighted by Gasteiger charge is 2.21. The summed E-state index contributed by atoms with van der Waals surface area (Å²) in [5.74, 6) is 2.61. The number of nitrogens with one attached hydrogen (secondary N) is 1. The van der Waals surface area contributed by atoms with Gasteiger partial charge < -0.3 is 10.1 Å². The Labute approximate surface area is 157 Å². The second-order valence-corrected chi connectivity index (χ2v) is 6.81. The van der Waals surface area contributed by atoms with Gasteiger partial charge in [-0.05, 0) is 30.0 Å². The predicted octanol–water partition coefficient (Wildman–Crippen LogP) is 5.72. The summed E-state index contributed by atoms with van der Waals surface area (Å²) in [4.78, 5) is 4.11. The van der Waals surface area contributed by atoms with E-state index in [1.807, 2.05) is 30.5 Å². The molecule has 26 heavy (non-hydrogen) atoms. The van der Waals surface area contributed by atoms with E-state index in [0.29, 0.717) is 24.4 Å². The molecule has 138 valence electrons. The van der Waals surface area contributed by atoms with E-state index in [2.05, 4.69) is 60.6 Å². The number of nitrogens with zero attached hydrogens (tertiary/aromatic N) is 1. The molecular formula is C23H30N2O. The zero-order valence-corrected chi connectivity index (χ0v) is 14.9. The summed E-state index contributed by atoms with van der Waals surface area (Å²) in [6.07, 6.45) is 12.5. The molecule has 0 bridgehead atoms. The lowest BCUT2D eigenvalue weighted by Crippen LogP contribution is -2.25. The van der Waals surface area contributed by atoms with E-state index in [1.54, 1.807) is 6.20 Å². The fourth-order valence-electron chi connectivity index (χ4n) is 3.17. The minimum atomic E-state index is 0. The molecule has 0 aliphatic heterocycles. The quantitative estimate of drug-likeness (QED) is 0.693. The minimum Gasteiger partial charge on any atom is -0.489 e. The first kappa shape index (κ1) is 19.8. The molecule has 1 aromatic carbocycles. The third-order valence-electron chi connectivity index (χ3n) is 4.57. The van der Waals surface area contributed by atoms with E-state index < -0.39 is 0 Å². The van der Waals surface area contributed by atoms with E-state index in [0.717, 1.165) is 23.5 Å². The molecule has 0 amide bonds. The van der Waals surface area contributed by atoms with Crippen LogP contribution in [0.5, 0.6) is 5.75 Å². The average molecular weight is 351 g/mol. The molecule has 2 atom stereocenters. The molecule has 1 N–H and O–H groups in total. The van der Waals surface area contributed by atoms with Crippen LogP contribution in [0.4, 0.5) is 5.69 Å². The summed E-state index contributed by atoms with van der Waals surface area (Å²) in [7, 11) is 0. The average Bonchev–Trinajstić information content (AvgIpc) is 2.66. The Kier molecular flexibility index (Phi) is 7.46. The van der Waals surface area contributed by atoms with E-state index in [1.165, 1.54) is 0 Å². The van der Waals surface area contributed by atoms with Crippen molar-refractivity contribution in [1.29, 1.82) is 0 Å². The highest BCUT2D eigenvalue weighted by atomic mass is 16.5. The monoisotopic (exact) mass is 350 g/mol. The van der Waals surface area contributed by atoms with Gasteiger partial charge in [0.15, 0.2) is 0 Å². The highest BCUT2D eigenvalue weighted by molar-refractivity contribution is 5.48. The van der Waals surface area contributed by atoms with Gasteiger partial charge >= 0.3 is 0 Å². The van der Waals surface area contributed by atoms with Crippen LogP contribution in [0.1, 0.15) is 26.8 Å². The maximum atomic E-state index is 5.88. The van der Waals surface area contributed by atoms with Crippen molar-refractivity contribution < 1.29 is 4.74 Å². The number of benzene rings is 1. The van der Waals surface area contributed by atoms with Gasteiger partial charge in [0.25, 0.3) is 0 Å². The van der Waals surface area contributed by atoms with Crippen LogP contribution in [0.25, 0.3) is 0 Å². The van der Waals surface area contributed by atoms with Gasteiger partial charge in [-0.2, -0.15) is 0 Å². The molecule has 1 aliphatic rings. The van der Waals surface area contributed by atoms with Gasteiger partial charge in [-0.3, -0.25) is 4.98 Å². The first-order valence-electron chi connectivity index (χ1n) is 8.93. The van der Waals surface area contributed by atoms with Gasteiger partial charge in [0, 0.05) is 42.2 Å². The van der Waals surface area contributed by atoms with Crippen molar-refractivity contribution in [1.82, 2.24) is 4.98 Å². The lowest BCUT2D eigenvalue weighted by molar-refractivity contribution is 0.306. The fourth-order valence-corrected chi connectivity index (χ4v) is 3.17. The first-order valence-corrected chi connectivity index (χ1v) is 8.93. The summed E-state index contributed by atoms with van der Waals surface area (Å²) in [6.45, 7) is 6.03. The van der Waals surface area contributed by atoms with Gasteiger partial charge in [-0.25, -0.2) is 0 Å². The van der Waals surface area contributed by atoms with E-state index in [4.69, 9.17) is 4.74 Å². The van der Waals surface area contributed by atoms with Crippen LogP contribution in [-0.4, -0.2) is 11.5 Å². The third-order valence-corrected chi connectivity index (χ3v) is 4.57. The van der Waals surface area contributed by atoms with Gasteiger partial charge in [0.2, 0.25) is 0 Å². The third kappa shape index (κ3) is 5.48. The largest absolute Gasteiger partial charge is 0.489 e. The van der Waals surface area contributed by atoms with Crippen LogP contribution in [0.15, 0.2) is 73.1 Å². The van der Waals surface area contributed by atoms with Gasteiger partial charge in [-0.15, -0.1) is 0 Å². The first-order chi connectivity index (χ1) is 12.2. The molecular weight excluding hydrogens is 320 g/mol. The zero-order valence-electron chi connectivity index (χ0n) is 14.9. The fraction of sp³-hybridized carbons (Fsp3) is 0.348. The molecule has 1 heterocycles. The highest BCUT2D eigenvalue weighted by Crippen LogP contribution is 2.27. The number of allylic oxidation sites excluding steroid dienone is 3. The van der Waals surface area contributed by atoms with Crippen LogP contribution in [0, 0.1) is 17.8 Å². The van der Waals surface area contributed by atoms with E-state index in [9.17, 15) is 0 Å². The Morgan fingerprint density at radius 3 is 2.73 bits per heavy atom. The zero-order chi connectivity index (χ0) is 17.5. The predicted molar refractivity (Wildman–Crippen MR) is 110 cm³/mol. The van der Waals surface area contributed by atoms with Crippen molar-refractivity contribution in [3.63, 3.8) is 0 Å². The summed E-state index contributed by atoms with van der Waals surface area (Å²) in [6, 6.07) is 12.1. The second-order valence-electron chi connectivity index (χ2n) is 6.81. The number of anilines is 1. The topological polar surface area (TPSA) is 34.1 Å². The molecule has 2 unspecified atom stereocenters. The molecule has 3 rings (SSSR count). The lowest BCUT2D eigenvalue weighted by Gasteiger charge is -2.28. The SMILES string of the molecule is C.CC(C)C1C=CC=CC1CNc1cccc(OCc2cccnc2)c1. The van der Waals surface area contributed by atoms with Crippen LogP contribution < -0.4 is 10.1 Å². The normalized spacial score (nSPS) is 18.4. The molecule has 0 radical (unpaired) electrons. The molecule has 3 heteroatoms. The summed E-state index contributed by atoms with van der Waals surface area (Å²) < 4.78 is 5.88. The Bertz CT molecular complexity index is 722. The number of rotatable bonds is 7. The Hall–Kier alpha value is -2.55. The van der Waals surface area contributed by atoms with Crippen LogP contribution >= 0.6 is 0 Å². The molecule has 0 saturated carbocycles. The van der Waals surface area contributed by atoms with Crippen LogP contribution in [-0.2, 0) is 6.61 Å². The number of pyridine rings is 1. The van der Waals surface area contributed by atoms with Gasteiger partial charge in [0.05, 0.1) is 0 Å². The number of aromatic nitrogens is 1. The second kappa shape index (κ2) is 9.81. The maximum absolute atomic E-state index is 5.88. The molecule has 3 nitrogen and oxygen atoms in total. The molecule has 0 fully saturated rings. The Morgan fingerprint density at radius 1 is 1.12 bits per heavy atom. The Balaban J connectivity index is 0.00000243. The maximum Gasteiger partial charge on any atom is 0.121 e. The van der Waals surface area contributed by atoms with Crippen molar-refractivity contribution in [2.24, 2.45) is 17.8 Å². The number of hydrogen-bond donors (Lipinski definition) is 1. The van der Waals surface area contributed by atoms with Crippen LogP contribution in [0.2, 0.25) is 0 Å². The lowest BCUT2D eigenvalue weighted by atomic mass is 9.80. The smallest absolute Gasteiger partial charge is 0.121 e. The summed E-state index contributed by atoms with van der Waals surface area (Å²) in [5, 5.41) is 3.56. The minimum absolute atomic E-state index is 0. The number of hydrogen-bond acceptors (Lipinski definition) is 3. The standard InChI is InChI=1S/C22H26N2O.CH4/c1-17(2)22-11-4-3-8-19(22)15-24-20-9-5-10-21(13-20)25-16-18-7-6-12-23-14-18;/h3-14,17,19,22,24H,15-16H2,1-2H3;1H4. The molecule has 0 spiro atoms. The van der Waals surface area contributed by atoms with Gasteiger partial charge in [0.1, 0.15) is 12.4 Å².